The van der Waals surface area contributed by atoms with Gasteiger partial charge in [-0.2, -0.15) is 0 Å². The van der Waals surface area contributed by atoms with Crippen LogP contribution in [0.2, 0.25) is 0 Å². The maximum absolute atomic E-state index is 13.0. The third-order valence-electron chi connectivity index (χ3n) is 5.10. The molecule has 10 heteroatoms. The van der Waals surface area contributed by atoms with Gasteiger partial charge in [-0.15, -0.1) is 0 Å². The Labute approximate surface area is 189 Å². The van der Waals surface area contributed by atoms with Gasteiger partial charge in [0.05, 0.1) is 21.5 Å². The molecule has 0 fully saturated rings. The van der Waals surface area contributed by atoms with E-state index in [9.17, 15) is 22.8 Å². The van der Waals surface area contributed by atoms with Gasteiger partial charge in [0.25, 0.3) is 15.6 Å². The van der Waals surface area contributed by atoms with Crippen molar-refractivity contribution in [1.29, 1.82) is 0 Å². The molecule has 4 aromatic rings. The molecule has 1 amide bonds. The van der Waals surface area contributed by atoms with Gasteiger partial charge in [0, 0.05) is 12.7 Å². The Bertz CT molecular complexity index is 1560. The van der Waals surface area contributed by atoms with Crippen molar-refractivity contribution in [3.63, 3.8) is 0 Å². The summed E-state index contributed by atoms with van der Waals surface area (Å²) in [6, 6.07) is 20.9. The molecular weight excluding hydrogens is 444 g/mol. The molecule has 4 rings (SSSR count). The van der Waals surface area contributed by atoms with Crippen LogP contribution in [0.1, 0.15) is 0 Å². The van der Waals surface area contributed by atoms with Gasteiger partial charge in [-0.05, 0) is 42.5 Å². The Hall–Kier alpha value is -4.18. The first-order valence-electron chi connectivity index (χ1n) is 9.93. The molecule has 0 saturated carbocycles. The average molecular weight is 465 g/mol. The number of H-pyrrole nitrogens is 1. The van der Waals surface area contributed by atoms with Crippen LogP contribution < -0.4 is 20.9 Å². The number of nitrogens with zero attached hydrogens (tertiary/aromatic N) is 2. The minimum atomic E-state index is -3.86. The van der Waals surface area contributed by atoms with Gasteiger partial charge in [0.1, 0.15) is 6.54 Å². The number of carbonyl (C=O) groups is 1. The number of nitrogens with one attached hydrogen (secondary N) is 2. The maximum Gasteiger partial charge on any atom is 0.329 e. The summed E-state index contributed by atoms with van der Waals surface area (Å²) in [6.45, 7) is -0.364. The van der Waals surface area contributed by atoms with Crippen molar-refractivity contribution in [2.24, 2.45) is 0 Å². The molecule has 0 aliphatic carbocycles. The fraction of sp³-hybridized carbons (Fsp3) is 0.0870. The van der Waals surface area contributed by atoms with E-state index >= 15 is 0 Å². The number of hydrogen-bond donors (Lipinski definition) is 2. The molecule has 168 valence electrons. The van der Waals surface area contributed by atoms with E-state index in [4.69, 9.17) is 0 Å². The van der Waals surface area contributed by atoms with Gasteiger partial charge < -0.3 is 5.32 Å². The number of aromatic nitrogens is 2. The first-order valence-corrected chi connectivity index (χ1v) is 11.4. The normalized spacial score (nSPS) is 11.3. The van der Waals surface area contributed by atoms with Crippen molar-refractivity contribution in [2.75, 3.05) is 16.7 Å². The molecular formula is C23H20N4O5S. The number of aromatic amines is 1. The number of anilines is 2. The van der Waals surface area contributed by atoms with E-state index in [1.807, 2.05) is 0 Å². The minimum absolute atomic E-state index is 0.00156. The topological polar surface area (TPSA) is 121 Å². The summed E-state index contributed by atoms with van der Waals surface area (Å²) in [5.41, 5.74) is -0.176. The first kappa shape index (κ1) is 22.0. The molecule has 0 radical (unpaired) electrons. The van der Waals surface area contributed by atoms with Crippen LogP contribution in [-0.4, -0.2) is 30.9 Å². The smallest absolute Gasteiger partial charge is 0.324 e. The van der Waals surface area contributed by atoms with Gasteiger partial charge in [-0.25, -0.2) is 13.2 Å². The number of carbonyl (C=O) groups excluding carboxylic acids is 1. The standard InChI is InChI=1S/C23H20N4O5S/c1-26(17-9-3-2-4-10-17)33(31,32)18-11-7-8-16(14-18)24-21(28)15-27-20-13-6-5-12-19(20)22(29)25-23(27)30/h2-14H,15H2,1H3,(H,24,28)(H,25,29,30). The van der Waals surface area contributed by atoms with E-state index < -0.39 is 27.2 Å². The quantitative estimate of drug-likeness (QED) is 0.453. The summed E-state index contributed by atoms with van der Waals surface area (Å²) in [4.78, 5) is 39.1. The van der Waals surface area contributed by atoms with E-state index in [0.717, 1.165) is 8.87 Å². The predicted molar refractivity (Wildman–Crippen MR) is 126 cm³/mol. The molecule has 0 atom stereocenters. The predicted octanol–water partition coefficient (Wildman–Crippen LogP) is 2.15. The second-order valence-electron chi connectivity index (χ2n) is 7.25. The van der Waals surface area contributed by atoms with Gasteiger partial charge >= 0.3 is 5.69 Å². The Morgan fingerprint density at radius 2 is 1.67 bits per heavy atom. The van der Waals surface area contributed by atoms with Crippen LogP contribution in [-0.2, 0) is 21.4 Å². The first-order chi connectivity index (χ1) is 15.8. The van der Waals surface area contributed by atoms with Crippen molar-refractivity contribution < 1.29 is 13.2 Å². The summed E-state index contributed by atoms with van der Waals surface area (Å²) in [5, 5.41) is 2.89. The number of rotatable bonds is 6. The molecule has 2 N–H and O–H groups in total. The molecule has 33 heavy (non-hydrogen) atoms. The third-order valence-corrected chi connectivity index (χ3v) is 6.88. The summed E-state index contributed by atoms with van der Waals surface area (Å²) >= 11 is 0. The molecule has 1 heterocycles. The average Bonchev–Trinajstić information content (AvgIpc) is 2.82. The van der Waals surface area contributed by atoms with Crippen molar-refractivity contribution >= 4 is 38.2 Å². The fourth-order valence-corrected chi connectivity index (χ4v) is 4.65. The number of amides is 1. The van der Waals surface area contributed by atoms with Crippen molar-refractivity contribution in [1.82, 2.24) is 9.55 Å². The van der Waals surface area contributed by atoms with Crippen LogP contribution in [0.3, 0.4) is 0 Å². The Balaban J connectivity index is 1.59. The molecule has 0 spiro atoms. The van der Waals surface area contributed by atoms with E-state index in [0.29, 0.717) is 11.2 Å². The van der Waals surface area contributed by atoms with E-state index in [-0.39, 0.29) is 22.5 Å². The lowest BCUT2D eigenvalue weighted by Crippen LogP contribution is -2.34. The van der Waals surface area contributed by atoms with Gasteiger partial charge in [0.15, 0.2) is 0 Å². The number of para-hydroxylation sites is 2. The van der Waals surface area contributed by atoms with E-state index in [1.165, 1.54) is 25.2 Å². The van der Waals surface area contributed by atoms with Crippen LogP contribution in [0.15, 0.2) is 93.3 Å². The molecule has 3 aromatic carbocycles. The molecule has 0 saturated heterocycles. The lowest BCUT2D eigenvalue weighted by atomic mass is 10.2. The second-order valence-corrected chi connectivity index (χ2v) is 9.22. The van der Waals surface area contributed by atoms with Crippen LogP contribution in [0.25, 0.3) is 10.9 Å². The monoisotopic (exact) mass is 464 g/mol. The molecule has 0 aliphatic rings. The van der Waals surface area contributed by atoms with Gasteiger partial charge in [-0.1, -0.05) is 36.4 Å². The molecule has 9 nitrogen and oxygen atoms in total. The molecule has 0 unspecified atom stereocenters. The number of benzene rings is 3. The fourth-order valence-electron chi connectivity index (χ4n) is 3.41. The van der Waals surface area contributed by atoms with Crippen LogP contribution >= 0.6 is 0 Å². The SMILES string of the molecule is CN(c1ccccc1)S(=O)(=O)c1cccc(NC(=O)Cn2c(=O)[nH]c(=O)c3ccccc32)c1. The lowest BCUT2D eigenvalue weighted by molar-refractivity contribution is -0.116. The summed E-state index contributed by atoms with van der Waals surface area (Å²) in [6.07, 6.45) is 0. The van der Waals surface area contributed by atoms with E-state index in [1.54, 1.807) is 60.7 Å². The summed E-state index contributed by atoms with van der Waals surface area (Å²) in [7, 11) is -2.41. The number of sulfonamides is 1. The second kappa shape index (κ2) is 8.75. The highest BCUT2D eigenvalue weighted by Gasteiger charge is 2.22. The van der Waals surface area contributed by atoms with Crippen LogP contribution in [0.4, 0.5) is 11.4 Å². The highest BCUT2D eigenvalue weighted by atomic mass is 32.2. The van der Waals surface area contributed by atoms with Crippen molar-refractivity contribution in [3.8, 4) is 0 Å². The zero-order valence-electron chi connectivity index (χ0n) is 17.6. The van der Waals surface area contributed by atoms with Crippen LogP contribution in [0.5, 0.6) is 0 Å². The van der Waals surface area contributed by atoms with Crippen molar-refractivity contribution in [3.05, 3.63) is 99.7 Å². The largest absolute Gasteiger partial charge is 0.329 e. The van der Waals surface area contributed by atoms with E-state index in [2.05, 4.69) is 10.3 Å². The molecule has 0 aliphatic heterocycles. The zero-order chi connectivity index (χ0) is 23.6. The molecule has 0 bridgehead atoms. The van der Waals surface area contributed by atoms with Gasteiger partial charge in [-0.3, -0.25) is 23.4 Å². The Kier molecular flexibility index (Phi) is 5.84. The minimum Gasteiger partial charge on any atom is -0.324 e. The number of fused-ring (bicyclic) bond motifs is 1. The Morgan fingerprint density at radius 3 is 2.42 bits per heavy atom. The molecule has 1 aromatic heterocycles. The highest BCUT2D eigenvalue weighted by Crippen LogP contribution is 2.23. The summed E-state index contributed by atoms with van der Waals surface area (Å²) < 4.78 is 28.3. The van der Waals surface area contributed by atoms with Crippen molar-refractivity contribution in [2.45, 2.75) is 11.4 Å². The number of hydrogen-bond acceptors (Lipinski definition) is 5. The van der Waals surface area contributed by atoms with Gasteiger partial charge in [0.2, 0.25) is 5.91 Å². The highest BCUT2D eigenvalue weighted by molar-refractivity contribution is 7.92. The third kappa shape index (κ3) is 4.41. The maximum atomic E-state index is 13.0. The van der Waals surface area contributed by atoms with Crippen LogP contribution in [0, 0.1) is 0 Å². The summed E-state index contributed by atoms with van der Waals surface area (Å²) in [5.74, 6) is -0.555. The Morgan fingerprint density at radius 1 is 0.970 bits per heavy atom. The lowest BCUT2D eigenvalue weighted by Gasteiger charge is -2.20. The zero-order valence-corrected chi connectivity index (χ0v) is 18.4.